The molecule has 1 aliphatic heterocycles. The number of benzene rings is 1. The van der Waals surface area contributed by atoms with E-state index in [1.54, 1.807) is 36.3 Å². The van der Waals surface area contributed by atoms with Gasteiger partial charge in [-0.2, -0.15) is 0 Å². The second-order valence-electron chi connectivity index (χ2n) is 7.73. The zero-order valence-electron chi connectivity index (χ0n) is 18.0. The lowest BCUT2D eigenvalue weighted by atomic mass is 10.0. The molecular formula is C22H28FN5O3. The fourth-order valence-electron chi connectivity index (χ4n) is 3.69. The minimum absolute atomic E-state index is 0.0428. The third-order valence-corrected chi connectivity index (χ3v) is 5.28. The summed E-state index contributed by atoms with van der Waals surface area (Å²) in [6.45, 7) is 3.90. The molecule has 31 heavy (non-hydrogen) atoms. The molecule has 1 aromatic heterocycles. The van der Waals surface area contributed by atoms with Crippen LogP contribution in [0.5, 0.6) is 0 Å². The fourth-order valence-corrected chi connectivity index (χ4v) is 3.69. The zero-order valence-corrected chi connectivity index (χ0v) is 18.0. The molecule has 9 heteroatoms. The molecule has 0 aliphatic carbocycles. The second kappa shape index (κ2) is 10.2. The van der Waals surface area contributed by atoms with Crippen LogP contribution in [0, 0.1) is 12.7 Å². The maximum Gasteiger partial charge on any atom is 0.409 e. The van der Waals surface area contributed by atoms with Crippen LogP contribution >= 0.6 is 0 Å². The van der Waals surface area contributed by atoms with Gasteiger partial charge in [0.2, 0.25) is 0 Å². The molecule has 2 aromatic rings. The number of piperidine rings is 1. The van der Waals surface area contributed by atoms with E-state index in [4.69, 9.17) is 4.74 Å². The smallest absolute Gasteiger partial charge is 0.409 e. The Morgan fingerprint density at radius 2 is 2.03 bits per heavy atom. The summed E-state index contributed by atoms with van der Waals surface area (Å²) in [6, 6.07) is 7.60. The molecule has 1 aromatic carbocycles. The van der Waals surface area contributed by atoms with Gasteiger partial charge in [0.25, 0.3) is 0 Å². The number of halogens is 1. The number of hydrogen-bond acceptors (Lipinski definition) is 5. The third-order valence-electron chi connectivity index (χ3n) is 5.28. The number of aromatic nitrogens is 1. The minimum Gasteiger partial charge on any atom is -0.453 e. The number of urea groups is 1. The van der Waals surface area contributed by atoms with Crippen molar-refractivity contribution in [3.63, 3.8) is 0 Å². The van der Waals surface area contributed by atoms with Gasteiger partial charge in [0.1, 0.15) is 5.82 Å². The predicted molar refractivity (Wildman–Crippen MR) is 116 cm³/mol. The first-order valence-corrected chi connectivity index (χ1v) is 10.2. The van der Waals surface area contributed by atoms with Crippen LogP contribution < -0.4 is 10.6 Å². The minimum atomic E-state index is -0.472. The Morgan fingerprint density at radius 3 is 2.74 bits per heavy atom. The Kier molecular flexibility index (Phi) is 7.41. The summed E-state index contributed by atoms with van der Waals surface area (Å²) in [7, 11) is 3.10. The maximum atomic E-state index is 14.2. The van der Waals surface area contributed by atoms with Gasteiger partial charge in [0.05, 0.1) is 19.0 Å². The van der Waals surface area contributed by atoms with E-state index in [0.717, 1.165) is 30.6 Å². The van der Waals surface area contributed by atoms with Crippen molar-refractivity contribution in [3.05, 3.63) is 53.6 Å². The quantitative estimate of drug-likeness (QED) is 0.754. The van der Waals surface area contributed by atoms with E-state index in [2.05, 4.69) is 20.5 Å². The first-order chi connectivity index (χ1) is 14.8. The van der Waals surface area contributed by atoms with Crippen LogP contribution in [0.2, 0.25) is 0 Å². The number of carbonyl (C=O) groups is 2. The van der Waals surface area contributed by atoms with Crippen LogP contribution in [0.25, 0.3) is 0 Å². The van der Waals surface area contributed by atoms with Crippen molar-refractivity contribution in [2.24, 2.45) is 0 Å². The molecule has 3 rings (SSSR count). The highest BCUT2D eigenvalue weighted by Crippen LogP contribution is 2.21. The summed E-state index contributed by atoms with van der Waals surface area (Å²) in [6.07, 6.45) is 3.02. The number of hydrogen-bond donors (Lipinski definition) is 2. The highest BCUT2D eigenvalue weighted by atomic mass is 19.1. The number of anilines is 2. The number of aryl methyl sites for hydroxylation is 1. The number of carbonyl (C=O) groups excluding carboxylic acids is 2. The summed E-state index contributed by atoms with van der Waals surface area (Å²) in [4.78, 5) is 32.0. The molecule has 0 bridgehead atoms. The van der Waals surface area contributed by atoms with Crippen molar-refractivity contribution in [2.75, 3.05) is 37.9 Å². The summed E-state index contributed by atoms with van der Waals surface area (Å²) in [5, 5.41) is 5.34. The SMILES string of the molecule is COC(=O)N(C)[C@@H]1CCCN(Cc2cc(F)cc(NC(=O)Nc3ccc(C)nc3)c2)C1. The van der Waals surface area contributed by atoms with Crippen molar-refractivity contribution >= 4 is 23.5 Å². The van der Waals surface area contributed by atoms with E-state index < -0.39 is 11.8 Å². The van der Waals surface area contributed by atoms with Gasteiger partial charge in [0.15, 0.2) is 0 Å². The number of pyridine rings is 1. The topological polar surface area (TPSA) is 86.8 Å². The lowest BCUT2D eigenvalue weighted by molar-refractivity contribution is 0.0833. The molecule has 8 nitrogen and oxygen atoms in total. The molecule has 2 heterocycles. The Balaban J connectivity index is 1.61. The van der Waals surface area contributed by atoms with E-state index in [9.17, 15) is 14.0 Å². The van der Waals surface area contributed by atoms with Gasteiger partial charge in [0, 0.05) is 37.6 Å². The van der Waals surface area contributed by atoms with E-state index in [-0.39, 0.29) is 12.1 Å². The van der Waals surface area contributed by atoms with Crippen molar-refractivity contribution < 1.29 is 18.7 Å². The molecule has 166 valence electrons. The lowest BCUT2D eigenvalue weighted by Gasteiger charge is -2.37. The molecule has 0 saturated carbocycles. The van der Waals surface area contributed by atoms with Crippen molar-refractivity contribution in [3.8, 4) is 0 Å². The Bertz CT molecular complexity index is 922. The highest BCUT2D eigenvalue weighted by molar-refractivity contribution is 5.99. The third kappa shape index (κ3) is 6.39. The number of amides is 3. The van der Waals surface area contributed by atoms with Gasteiger partial charge < -0.3 is 20.3 Å². The van der Waals surface area contributed by atoms with Gasteiger partial charge in [-0.25, -0.2) is 14.0 Å². The van der Waals surface area contributed by atoms with Crippen molar-refractivity contribution in [1.82, 2.24) is 14.8 Å². The van der Waals surface area contributed by atoms with E-state index in [1.165, 1.54) is 19.2 Å². The molecule has 2 N–H and O–H groups in total. The average Bonchev–Trinajstić information content (AvgIpc) is 2.74. The van der Waals surface area contributed by atoms with Crippen LogP contribution in [-0.2, 0) is 11.3 Å². The Hall–Kier alpha value is -3.20. The molecule has 1 saturated heterocycles. The van der Waals surface area contributed by atoms with Gasteiger partial charge in [-0.1, -0.05) is 0 Å². The van der Waals surface area contributed by atoms with Crippen LogP contribution in [0.3, 0.4) is 0 Å². The van der Waals surface area contributed by atoms with E-state index in [1.807, 2.05) is 6.92 Å². The van der Waals surface area contributed by atoms with Crippen LogP contribution in [0.15, 0.2) is 36.5 Å². The van der Waals surface area contributed by atoms with Gasteiger partial charge >= 0.3 is 12.1 Å². The molecule has 1 aliphatic rings. The number of methoxy groups -OCH3 is 1. The fraction of sp³-hybridized carbons (Fsp3) is 0.409. The summed E-state index contributed by atoms with van der Waals surface area (Å²) >= 11 is 0. The van der Waals surface area contributed by atoms with E-state index >= 15 is 0 Å². The first-order valence-electron chi connectivity index (χ1n) is 10.2. The Morgan fingerprint density at radius 1 is 1.26 bits per heavy atom. The van der Waals surface area contributed by atoms with Crippen molar-refractivity contribution in [1.29, 1.82) is 0 Å². The number of nitrogens with zero attached hydrogens (tertiary/aromatic N) is 3. The van der Waals surface area contributed by atoms with Gasteiger partial charge in [-0.3, -0.25) is 9.88 Å². The number of rotatable bonds is 5. The maximum absolute atomic E-state index is 14.2. The average molecular weight is 429 g/mol. The standard InChI is InChI=1S/C22H28FN5O3/c1-15-6-7-18(12-24-15)25-21(29)26-19-10-16(9-17(23)11-19)13-28-8-4-5-20(14-28)27(2)22(30)31-3/h6-7,9-12,20H,4-5,8,13-14H2,1-3H3,(H2,25,26,29)/t20-/m1/s1. The monoisotopic (exact) mass is 429 g/mol. The second-order valence-corrected chi connectivity index (χ2v) is 7.73. The number of ether oxygens (including phenoxy) is 1. The Labute approximate surface area is 181 Å². The lowest BCUT2D eigenvalue weighted by Crippen LogP contribution is -2.48. The number of nitrogens with one attached hydrogen (secondary N) is 2. The van der Waals surface area contributed by atoms with Gasteiger partial charge in [-0.05, 0) is 62.2 Å². The zero-order chi connectivity index (χ0) is 22.4. The first kappa shape index (κ1) is 22.5. The number of likely N-dealkylation sites (N-methyl/N-ethyl adjacent to an activating group) is 1. The molecule has 0 spiro atoms. The van der Waals surface area contributed by atoms with Gasteiger partial charge in [-0.15, -0.1) is 0 Å². The molecule has 0 unspecified atom stereocenters. The van der Waals surface area contributed by atoms with Crippen LogP contribution in [0.4, 0.5) is 25.4 Å². The summed E-state index contributed by atoms with van der Waals surface area (Å²) in [5.74, 6) is -0.426. The van der Waals surface area contributed by atoms with Crippen molar-refractivity contribution in [2.45, 2.75) is 32.4 Å². The highest BCUT2D eigenvalue weighted by Gasteiger charge is 2.26. The molecule has 0 radical (unpaired) electrons. The predicted octanol–water partition coefficient (Wildman–Crippen LogP) is 3.84. The van der Waals surface area contributed by atoms with E-state index in [0.29, 0.717) is 24.5 Å². The van der Waals surface area contributed by atoms with Crippen LogP contribution in [-0.4, -0.2) is 60.2 Å². The van der Waals surface area contributed by atoms with Crippen LogP contribution in [0.1, 0.15) is 24.1 Å². The molecule has 3 amide bonds. The number of likely N-dealkylation sites (tertiary alicyclic amines) is 1. The molecule has 1 atom stereocenters. The largest absolute Gasteiger partial charge is 0.453 e. The summed E-state index contributed by atoms with van der Waals surface area (Å²) < 4.78 is 19.0. The molecular weight excluding hydrogens is 401 g/mol. The summed E-state index contributed by atoms with van der Waals surface area (Å²) in [5.41, 5.74) is 2.51. The normalized spacial score (nSPS) is 16.5. The molecule has 1 fully saturated rings.